The molecule has 30 heavy (non-hydrogen) atoms. The Labute approximate surface area is 190 Å². The molecule has 1 amide bonds. The molecular weight excluding hydrogens is 493 g/mol. The Balaban J connectivity index is 1.88. The Bertz CT molecular complexity index is 1160. The zero-order chi connectivity index (χ0) is 21.4. The third-order valence-electron chi connectivity index (χ3n) is 4.82. The number of halogens is 3. The Hall–Kier alpha value is -2.54. The van der Waals surface area contributed by atoms with Gasteiger partial charge in [0.05, 0.1) is 34.5 Å². The molecule has 5 nitrogen and oxygen atoms in total. The summed E-state index contributed by atoms with van der Waals surface area (Å²) in [6.45, 7) is 0.0552. The van der Waals surface area contributed by atoms with Crippen LogP contribution in [0.25, 0.3) is 5.76 Å². The zero-order valence-corrected chi connectivity index (χ0v) is 18.4. The summed E-state index contributed by atoms with van der Waals surface area (Å²) in [7, 11) is 0. The van der Waals surface area contributed by atoms with Crippen LogP contribution in [0, 0.1) is 0 Å². The number of aliphatic hydroxyl groups excluding tert-OH is 1. The number of rotatable bonds is 4. The first-order valence-electron chi connectivity index (χ1n) is 8.88. The average molecular weight is 507 g/mol. The van der Waals surface area contributed by atoms with Crippen LogP contribution in [0.3, 0.4) is 0 Å². The number of carbonyl (C=O) groups is 2. The lowest BCUT2D eigenvalue weighted by Gasteiger charge is -2.24. The highest BCUT2D eigenvalue weighted by Gasteiger charge is 2.46. The molecule has 8 heteroatoms. The van der Waals surface area contributed by atoms with Gasteiger partial charge < -0.3 is 14.4 Å². The topological polar surface area (TPSA) is 70.8 Å². The van der Waals surface area contributed by atoms with Crippen LogP contribution < -0.4 is 0 Å². The predicted octanol–water partition coefficient (Wildman–Crippen LogP) is 5.97. The molecule has 1 aromatic heterocycles. The Kier molecular flexibility index (Phi) is 5.73. The number of nitrogens with zero attached hydrogens (tertiary/aromatic N) is 1. The highest BCUT2D eigenvalue weighted by atomic mass is 79.9. The Morgan fingerprint density at radius 1 is 1.07 bits per heavy atom. The number of furan rings is 1. The van der Waals surface area contributed by atoms with Crippen LogP contribution in [0.2, 0.25) is 10.0 Å². The van der Waals surface area contributed by atoms with Gasteiger partial charge in [-0.25, -0.2) is 0 Å². The van der Waals surface area contributed by atoms with E-state index in [1.807, 2.05) is 0 Å². The van der Waals surface area contributed by atoms with E-state index in [1.54, 1.807) is 54.6 Å². The molecule has 2 aromatic carbocycles. The Morgan fingerprint density at radius 2 is 1.80 bits per heavy atom. The number of benzene rings is 2. The normalized spacial score (nSPS) is 18.2. The average Bonchev–Trinajstić information content (AvgIpc) is 3.33. The van der Waals surface area contributed by atoms with Gasteiger partial charge in [-0.3, -0.25) is 9.59 Å². The van der Waals surface area contributed by atoms with Gasteiger partial charge in [0, 0.05) is 10.0 Å². The molecule has 1 N–H and O–H groups in total. The molecular formula is C22H14BrCl2NO4. The summed E-state index contributed by atoms with van der Waals surface area (Å²) in [5.41, 5.74) is 0.945. The van der Waals surface area contributed by atoms with Gasteiger partial charge >= 0.3 is 0 Å². The second kappa shape index (κ2) is 8.30. The molecule has 0 aliphatic carbocycles. The van der Waals surface area contributed by atoms with Crippen LogP contribution in [0.5, 0.6) is 0 Å². The van der Waals surface area contributed by atoms with E-state index >= 15 is 0 Å². The molecule has 0 spiro atoms. The van der Waals surface area contributed by atoms with Gasteiger partial charge in [0.2, 0.25) is 0 Å². The van der Waals surface area contributed by atoms with Crippen molar-refractivity contribution in [3.8, 4) is 0 Å². The van der Waals surface area contributed by atoms with Gasteiger partial charge in [0.15, 0.2) is 0 Å². The van der Waals surface area contributed by atoms with E-state index in [0.29, 0.717) is 21.9 Å². The van der Waals surface area contributed by atoms with Crippen molar-refractivity contribution in [1.82, 2.24) is 4.90 Å². The van der Waals surface area contributed by atoms with Crippen molar-refractivity contribution in [3.63, 3.8) is 0 Å². The fourth-order valence-corrected chi connectivity index (χ4v) is 3.98. The molecule has 2 heterocycles. The summed E-state index contributed by atoms with van der Waals surface area (Å²) in [5.74, 6) is -1.27. The second-order valence-corrected chi connectivity index (χ2v) is 8.42. The zero-order valence-electron chi connectivity index (χ0n) is 15.3. The summed E-state index contributed by atoms with van der Waals surface area (Å²) >= 11 is 15.6. The van der Waals surface area contributed by atoms with E-state index in [4.69, 9.17) is 27.6 Å². The number of hydrogen-bond acceptors (Lipinski definition) is 4. The molecule has 1 aliphatic rings. The van der Waals surface area contributed by atoms with Crippen molar-refractivity contribution in [1.29, 1.82) is 0 Å². The molecule has 3 aromatic rings. The van der Waals surface area contributed by atoms with Crippen LogP contribution in [0.4, 0.5) is 0 Å². The van der Waals surface area contributed by atoms with E-state index < -0.39 is 17.7 Å². The maximum Gasteiger partial charge on any atom is 0.296 e. The molecule has 0 radical (unpaired) electrons. The summed E-state index contributed by atoms with van der Waals surface area (Å²) < 4.78 is 6.18. The van der Waals surface area contributed by atoms with Crippen molar-refractivity contribution < 1.29 is 19.1 Å². The van der Waals surface area contributed by atoms with Crippen molar-refractivity contribution in [3.05, 3.63) is 97.8 Å². The van der Waals surface area contributed by atoms with Crippen LogP contribution >= 0.6 is 39.1 Å². The quantitative estimate of drug-likeness (QED) is 0.269. The van der Waals surface area contributed by atoms with Crippen molar-refractivity contribution >= 4 is 56.6 Å². The van der Waals surface area contributed by atoms with Gasteiger partial charge in [-0.05, 0) is 42.0 Å². The van der Waals surface area contributed by atoms with E-state index in [0.717, 1.165) is 4.47 Å². The van der Waals surface area contributed by atoms with Crippen LogP contribution in [0.15, 0.2) is 75.3 Å². The molecule has 1 aliphatic heterocycles. The number of Topliss-reactive ketones (excluding diaryl/α,β-unsaturated/α-hetero) is 1. The summed E-state index contributed by atoms with van der Waals surface area (Å²) in [5, 5.41) is 11.6. The third kappa shape index (κ3) is 3.78. The summed E-state index contributed by atoms with van der Waals surface area (Å²) in [6, 6.07) is 14.2. The van der Waals surface area contributed by atoms with Crippen LogP contribution in [0.1, 0.15) is 22.9 Å². The van der Waals surface area contributed by atoms with Gasteiger partial charge in [-0.1, -0.05) is 57.3 Å². The molecule has 1 fully saturated rings. The second-order valence-electron chi connectivity index (χ2n) is 6.69. The fraction of sp³-hybridized carbons (Fsp3) is 0.0909. The lowest BCUT2D eigenvalue weighted by Crippen LogP contribution is -2.29. The maximum atomic E-state index is 13.0. The lowest BCUT2D eigenvalue weighted by molar-refractivity contribution is -0.140. The minimum absolute atomic E-state index is 0.0210. The number of ketones is 1. The molecule has 152 valence electrons. The van der Waals surface area contributed by atoms with Crippen LogP contribution in [-0.2, 0) is 16.1 Å². The first-order valence-corrected chi connectivity index (χ1v) is 10.4. The van der Waals surface area contributed by atoms with Gasteiger partial charge in [-0.2, -0.15) is 0 Å². The fourth-order valence-electron chi connectivity index (χ4n) is 3.41. The van der Waals surface area contributed by atoms with E-state index in [2.05, 4.69) is 15.9 Å². The highest BCUT2D eigenvalue weighted by molar-refractivity contribution is 9.10. The van der Waals surface area contributed by atoms with Gasteiger partial charge in [0.25, 0.3) is 11.7 Å². The largest absolute Gasteiger partial charge is 0.507 e. The van der Waals surface area contributed by atoms with Crippen molar-refractivity contribution in [2.45, 2.75) is 12.6 Å². The van der Waals surface area contributed by atoms with E-state index in [1.165, 1.54) is 11.2 Å². The number of carbonyl (C=O) groups excluding carboxylic acids is 2. The van der Waals surface area contributed by atoms with Crippen molar-refractivity contribution in [2.24, 2.45) is 0 Å². The van der Waals surface area contributed by atoms with Crippen LogP contribution in [-0.4, -0.2) is 21.7 Å². The third-order valence-corrected chi connectivity index (χ3v) is 6.09. The minimum atomic E-state index is -0.853. The smallest absolute Gasteiger partial charge is 0.296 e. The molecule has 0 bridgehead atoms. The highest BCUT2D eigenvalue weighted by Crippen LogP contribution is 2.41. The number of likely N-dealkylation sites (tertiary alicyclic amines) is 1. The number of amides is 1. The van der Waals surface area contributed by atoms with Gasteiger partial charge in [0.1, 0.15) is 11.5 Å². The molecule has 1 atom stereocenters. The first kappa shape index (κ1) is 20.7. The molecule has 4 rings (SSSR count). The van der Waals surface area contributed by atoms with E-state index in [9.17, 15) is 14.7 Å². The number of aliphatic hydroxyl groups is 1. The predicted molar refractivity (Wildman–Crippen MR) is 117 cm³/mol. The monoisotopic (exact) mass is 505 g/mol. The molecule has 0 saturated carbocycles. The van der Waals surface area contributed by atoms with Crippen molar-refractivity contribution in [2.75, 3.05) is 0 Å². The SMILES string of the molecule is O=C1C(=O)N(Cc2ccco2)C(c2ccc(Cl)c(Cl)c2)C1=C(O)c1ccc(Br)cc1. The van der Waals surface area contributed by atoms with Gasteiger partial charge in [-0.15, -0.1) is 0 Å². The summed E-state index contributed by atoms with van der Waals surface area (Å²) in [6.07, 6.45) is 1.49. The Morgan fingerprint density at radius 3 is 2.43 bits per heavy atom. The minimum Gasteiger partial charge on any atom is -0.507 e. The van der Waals surface area contributed by atoms with E-state index in [-0.39, 0.29) is 22.9 Å². The molecule has 1 unspecified atom stereocenters. The first-order chi connectivity index (χ1) is 14.4. The number of hydrogen-bond donors (Lipinski definition) is 1. The summed E-state index contributed by atoms with van der Waals surface area (Å²) in [4.78, 5) is 27.2. The standard InChI is InChI=1S/C22H14BrCl2NO4/c23-14-6-3-12(4-7-14)20(27)18-19(13-5-8-16(24)17(25)10-13)26(22(29)21(18)28)11-15-2-1-9-30-15/h1-10,19,27H,11H2. The molecule has 1 saturated heterocycles. The lowest BCUT2D eigenvalue weighted by atomic mass is 9.95. The maximum absolute atomic E-state index is 13.0.